The fourth-order valence-corrected chi connectivity index (χ4v) is 21.7. The summed E-state index contributed by atoms with van der Waals surface area (Å²) < 4.78 is 155. The lowest BCUT2D eigenvalue weighted by atomic mass is 10.0. The molecule has 0 bridgehead atoms. The summed E-state index contributed by atoms with van der Waals surface area (Å²) in [4.78, 5) is 73.6. The zero-order valence-corrected chi connectivity index (χ0v) is 76.1. The van der Waals surface area contributed by atoms with E-state index in [2.05, 4.69) is 60.4 Å². The van der Waals surface area contributed by atoms with E-state index in [4.69, 9.17) is 11.6 Å². The van der Waals surface area contributed by atoms with Gasteiger partial charge in [0.05, 0.1) is 55.1 Å². The molecule has 0 aliphatic carbocycles. The van der Waals surface area contributed by atoms with Crippen LogP contribution < -0.4 is 52.7 Å². The number of halogens is 4. The average Bonchev–Trinajstić information content (AvgIpc) is 1.66. The second-order valence-electron chi connectivity index (χ2n) is 31.0. The van der Waals surface area contributed by atoms with E-state index in [0.717, 1.165) is 65.6 Å². The van der Waals surface area contributed by atoms with Crippen molar-refractivity contribution in [2.45, 2.75) is 13.8 Å². The molecule has 4 amide bonds. The number of pyridine rings is 3. The number of hydrogen-bond acceptors (Lipinski definition) is 18. The summed E-state index contributed by atoms with van der Waals surface area (Å²) in [6.45, 7) is 6.55. The van der Waals surface area contributed by atoms with Crippen LogP contribution in [0.3, 0.4) is 0 Å². The van der Waals surface area contributed by atoms with E-state index in [1.54, 1.807) is 153 Å². The molecule has 16 aromatic rings. The van der Waals surface area contributed by atoms with Crippen molar-refractivity contribution in [1.29, 1.82) is 0 Å². The Morgan fingerprint density at radius 1 is 0.396 bits per heavy atom. The molecule has 0 atom stereocenters. The van der Waals surface area contributed by atoms with Crippen molar-refractivity contribution in [2.75, 3.05) is 97.9 Å². The highest BCUT2D eigenvalue weighted by atomic mass is 35.5. The number of nitrogens with one attached hydrogen (secondary N) is 7. The Kier molecular flexibility index (Phi) is 26.2. The van der Waals surface area contributed by atoms with Crippen molar-refractivity contribution in [1.82, 2.24) is 43.4 Å². The number of likely N-dealkylation sites (N-methyl/N-ethyl adjacent to an activating group) is 1. The zero-order valence-electron chi connectivity index (χ0n) is 71.2. The molecular weight excluding hydrogens is 1840 g/mol. The van der Waals surface area contributed by atoms with E-state index in [-0.39, 0.29) is 46.4 Å². The molecule has 9 heterocycles. The molecule has 5 aromatic heterocycles. The Hall–Kier alpha value is -14.5. The molecular formula is C96H79ClF3N17O12S5. The molecule has 0 radical (unpaired) electrons. The first kappa shape index (κ1) is 91.4. The van der Waals surface area contributed by atoms with Crippen LogP contribution in [0.2, 0.25) is 5.02 Å². The lowest BCUT2D eigenvalue weighted by Crippen LogP contribution is -2.30. The molecule has 0 spiro atoms. The fourth-order valence-electron chi connectivity index (χ4n) is 15.5. The number of amides is 4. The molecule has 4 aliphatic rings. The van der Waals surface area contributed by atoms with Gasteiger partial charge < -0.3 is 21.3 Å². The number of fused-ring (bicyclic) bond motifs is 4. The minimum absolute atomic E-state index is 0.0593. The predicted octanol–water partition coefficient (Wildman–Crippen LogP) is 16.7. The first-order valence-corrected chi connectivity index (χ1v) is 48.5. The molecule has 11 aromatic carbocycles. The van der Waals surface area contributed by atoms with Gasteiger partial charge in [0, 0.05) is 174 Å². The van der Waals surface area contributed by atoms with Gasteiger partial charge in [-0.25, -0.2) is 23.1 Å². The van der Waals surface area contributed by atoms with E-state index < -0.39 is 70.1 Å². The van der Waals surface area contributed by atoms with Crippen molar-refractivity contribution in [3.8, 4) is 45.2 Å². The van der Waals surface area contributed by atoms with Crippen molar-refractivity contribution in [3.05, 3.63) is 341 Å². The van der Waals surface area contributed by atoms with Crippen molar-refractivity contribution in [3.63, 3.8) is 0 Å². The largest absolute Gasteiger partial charge is 0.322 e. The molecule has 20 rings (SSSR count). The van der Waals surface area contributed by atoms with Crippen molar-refractivity contribution >= 4 is 175 Å². The normalized spacial score (nSPS) is 15.2. The average molecular weight is 1920 g/mol. The van der Waals surface area contributed by atoms with Gasteiger partial charge in [-0.15, -0.1) is 11.3 Å². The summed E-state index contributed by atoms with van der Waals surface area (Å²) in [5, 5.41) is 19.0. The number of carbonyl (C=O) groups excluding carboxylic acids is 4. The molecule has 4 aliphatic heterocycles. The monoisotopic (exact) mass is 1910 g/mol. The molecule has 38 heteroatoms. The lowest BCUT2D eigenvalue weighted by molar-refractivity contribution is 0.101. The van der Waals surface area contributed by atoms with Crippen LogP contribution in [-0.2, 0) is 40.8 Å². The topological polar surface area (TPSA) is 370 Å². The smallest absolute Gasteiger partial charge is 0.303 e. The third-order valence-corrected chi connectivity index (χ3v) is 30.2. The maximum absolute atomic E-state index is 14.7. The standard InChI is InChI=1S/C26H25N5O3S.C24H18F2N4O3S.C24H19FN4O3S.C22H17ClN4O3S2/c1-17-8-9-20(15-23(17)25-27-16-19-6-4-5-7-24(19)29-25)28-26(32)22-11-10-21(14-18(22)2)31-13-12-30(3)35(31,33)34;25-21-14-17(13-20(22(21)26)23-19-4-2-1-3-15(19)9-10-27-23)29-24(31)16-5-7-18(8-6-16)30-12-11-28-34(30,32)33;25-22-10-7-18(15-21(22)23-20-4-2-1-3-16(20)11-12-26-23)28-24(30)17-5-8-19(9-6-17)29-14-13-27-33(29,31)32;23-19-6-3-16(13-18(19)20-21-14(7-9-24-20)8-12-31-21)26-22(28)15-1-4-17(5-2-15)27-11-10-25-32(27,29)30/h4-11,14-16H,12-13H2,1-3H3,(H,28,32);1-10,13-14,28H,11-12H2,(H,29,31);1-12,15,27H,13-14H2,(H,28,30);1-9,12-13,25H,10-11H2,(H,26,28). The summed E-state index contributed by atoms with van der Waals surface area (Å²) >= 11 is 8.03. The van der Waals surface area contributed by atoms with Gasteiger partial charge in [-0.2, -0.15) is 52.1 Å². The number of hydrogen-bond donors (Lipinski definition) is 7. The van der Waals surface area contributed by atoms with E-state index in [1.165, 1.54) is 70.2 Å². The SMILES string of the molecule is Cc1cc(N2CCN(C)S2(=O)=O)ccc1C(=O)Nc1ccc(C)c(-c2ncc3ccccc3n2)c1.O=C(Nc1cc(F)c(F)c(-c2nccc3ccccc23)c1)c1ccc(N2CCNS2(=O)=O)cc1.O=C(Nc1ccc(Cl)c(-c2nccc3ccsc23)c1)c1ccc(N2CCNS2(=O)=O)cc1.O=C(Nc1ccc(F)c(-c2nccc3ccccc23)c1)c1ccc(N2CCNS2(=O)=O)cc1. The molecule has 29 nitrogen and oxygen atoms in total. The van der Waals surface area contributed by atoms with Crippen molar-refractivity contribution < 1.29 is 66.0 Å². The first-order valence-electron chi connectivity index (χ1n) is 41.6. The number of nitrogens with zero attached hydrogens (tertiary/aromatic N) is 10. The van der Waals surface area contributed by atoms with Gasteiger partial charge in [0.25, 0.3) is 23.6 Å². The number of aryl methyl sites for hydroxylation is 2. The highest BCUT2D eigenvalue weighted by Crippen LogP contribution is 2.40. The van der Waals surface area contributed by atoms with E-state index in [0.29, 0.717) is 130 Å². The van der Waals surface area contributed by atoms with Crippen LogP contribution in [0.25, 0.3) is 87.7 Å². The highest BCUT2D eigenvalue weighted by Gasteiger charge is 2.36. The van der Waals surface area contributed by atoms with Gasteiger partial charge in [-0.05, 0) is 222 Å². The zero-order chi connectivity index (χ0) is 93.9. The first-order chi connectivity index (χ1) is 64.4. The van der Waals surface area contributed by atoms with Gasteiger partial charge in [0.1, 0.15) is 5.82 Å². The summed E-state index contributed by atoms with van der Waals surface area (Å²) in [5.41, 5.74) is 10.9. The number of benzene rings is 11. The third-order valence-electron chi connectivity index (χ3n) is 22.4. The summed E-state index contributed by atoms with van der Waals surface area (Å²) in [6, 6.07) is 71.4. The van der Waals surface area contributed by atoms with Crippen LogP contribution in [0.5, 0.6) is 0 Å². The maximum atomic E-state index is 14.7. The molecule has 0 saturated carbocycles. The lowest BCUT2D eigenvalue weighted by Gasteiger charge is -2.19. The molecule has 678 valence electrons. The van der Waals surface area contributed by atoms with Gasteiger partial charge in [0.2, 0.25) is 0 Å². The fraction of sp³-hybridized carbons (Fsp3) is 0.115. The maximum Gasteiger partial charge on any atom is 0.303 e. The van der Waals surface area contributed by atoms with E-state index in [1.807, 2.05) is 109 Å². The molecule has 4 fully saturated rings. The van der Waals surface area contributed by atoms with Gasteiger partial charge >= 0.3 is 40.8 Å². The van der Waals surface area contributed by atoms with E-state index in [9.17, 15) is 66.0 Å². The second kappa shape index (κ2) is 38.4. The predicted molar refractivity (Wildman–Crippen MR) is 518 cm³/mol. The Morgan fingerprint density at radius 2 is 0.851 bits per heavy atom. The number of anilines is 8. The molecule has 7 N–H and O–H groups in total. The van der Waals surface area contributed by atoms with Crippen LogP contribution in [0.1, 0.15) is 52.6 Å². The minimum atomic E-state index is -3.58. The Balaban J connectivity index is 0.000000124. The van der Waals surface area contributed by atoms with Gasteiger partial charge in [-0.1, -0.05) is 84.4 Å². The number of para-hydroxylation sites is 1. The second-order valence-corrected chi connectivity index (χ2v) is 39.3. The van der Waals surface area contributed by atoms with Crippen LogP contribution >= 0.6 is 22.9 Å². The van der Waals surface area contributed by atoms with Crippen LogP contribution in [-0.4, -0.2) is 146 Å². The van der Waals surface area contributed by atoms with Gasteiger partial charge in [-0.3, -0.25) is 51.4 Å². The van der Waals surface area contributed by atoms with Crippen LogP contribution in [0, 0.1) is 31.3 Å². The Bertz CT molecular complexity index is 7830. The number of carbonyl (C=O) groups is 4. The summed E-state index contributed by atoms with van der Waals surface area (Å²) in [6.07, 6.45) is 6.67. The molecule has 4 saturated heterocycles. The molecule has 134 heavy (non-hydrogen) atoms. The molecule has 0 unspecified atom stereocenters. The van der Waals surface area contributed by atoms with Crippen LogP contribution in [0.15, 0.2) is 285 Å². The number of thiophene rings is 1. The summed E-state index contributed by atoms with van der Waals surface area (Å²) in [7, 11) is -12.6. The number of aromatic nitrogens is 5. The van der Waals surface area contributed by atoms with Crippen LogP contribution in [0.4, 0.5) is 58.7 Å². The quantitative estimate of drug-likeness (QED) is 0.0472. The van der Waals surface area contributed by atoms with E-state index >= 15 is 0 Å². The summed E-state index contributed by atoms with van der Waals surface area (Å²) in [5.74, 6) is -3.57. The number of rotatable bonds is 16. The third kappa shape index (κ3) is 19.6. The van der Waals surface area contributed by atoms with Crippen molar-refractivity contribution in [2.24, 2.45) is 0 Å². The Morgan fingerprint density at radius 3 is 1.37 bits per heavy atom. The van der Waals surface area contributed by atoms with Gasteiger partial charge in [0.15, 0.2) is 17.5 Å². The Labute approximate surface area is 777 Å². The minimum Gasteiger partial charge on any atom is -0.322 e. The highest BCUT2D eigenvalue weighted by molar-refractivity contribution is 7.92.